The molecule has 1 amide bonds. The summed E-state index contributed by atoms with van der Waals surface area (Å²) in [4.78, 5) is 12.5. The van der Waals surface area contributed by atoms with Crippen molar-refractivity contribution in [2.24, 2.45) is 0 Å². The topological polar surface area (TPSA) is 79.8 Å². The Morgan fingerprint density at radius 1 is 1.00 bits per heavy atom. The molecule has 0 aliphatic rings. The second-order valence-corrected chi connectivity index (χ2v) is 8.60. The minimum atomic E-state index is -3.40. The molecule has 0 unspecified atom stereocenters. The Balaban J connectivity index is 1.69. The van der Waals surface area contributed by atoms with Gasteiger partial charge in [0, 0.05) is 11.8 Å². The van der Waals surface area contributed by atoms with E-state index in [4.69, 9.17) is 0 Å². The Kier molecular flexibility index (Phi) is 5.58. The number of nitrogens with one attached hydrogen (secondary N) is 1. The number of carbonyl (C=O) groups excluding carboxylic acids is 1. The van der Waals surface area contributed by atoms with Gasteiger partial charge in [0.25, 0.3) is 5.91 Å². The molecule has 27 heavy (non-hydrogen) atoms. The summed E-state index contributed by atoms with van der Waals surface area (Å²) in [5.74, 6) is -0.238. The van der Waals surface area contributed by atoms with Crippen molar-refractivity contribution in [3.05, 3.63) is 72.3 Å². The number of hydrogen-bond acceptors (Lipinski definition) is 3. The normalized spacial score (nSPS) is 12.7. The lowest BCUT2D eigenvalue weighted by Gasteiger charge is -2.14. The van der Waals surface area contributed by atoms with Gasteiger partial charge >= 0.3 is 0 Å². The van der Waals surface area contributed by atoms with Crippen LogP contribution < -0.4 is 10.6 Å². The molecule has 5 nitrogen and oxygen atoms in total. The molecule has 0 saturated carbocycles. The summed E-state index contributed by atoms with van der Waals surface area (Å²) >= 11 is 0. The van der Waals surface area contributed by atoms with E-state index in [-0.39, 0.29) is 23.4 Å². The van der Waals surface area contributed by atoms with Crippen molar-refractivity contribution in [3.63, 3.8) is 0 Å². The standard InChI is InChI=1S/C21H22N2O3S/c1-15(17-11-7-9-16-8-3-4-10-18(16)17)22-14-21(24)23-19-12-5-6-13-20(19)27(2,25)26/h3-13,15,22H,14H2,1-2H3,(H,23,24)/p+1/t15-/m1/s1. The molecular weight excluding hydrogens is 360 g/mol. The Morgan fingerprint density at radius 2 is 1.67 bits per heavy atom. The lowest BCUT2D eigenvalue weighted by atomic mass is 10.00. The fraction of sp³-hybridized carbons (Fsp3) is 0.190. The number of para-hydroxylation sites is 1. The van der Waals surface area contributed by atoms with E-state index in [1.165, 1.54) is 16.8 Å². The molecule has 1 atom stereocenters. The largest absolute Gasteiger partial charge is 0.332 e. The van der Waals surface area contributed by atoms with Crippen molar-refractivity contribution in [1.29, 1.82) is 0 Å². The molecule has 140 valence electrons. The molecule has 0 saturated heterocycles. The minimum absolute atomic E-state index is 0.0898. The lowest BCUT2D eigenvalue weighted by Crippen LogP contribution is -2.86. The van der Waals surface area contributed by atoms with Crippen molar-refractivity contribution < 1.29 is 18.5 Å². The SMILES string of the molecule is C[C@@H]([NH2+]CC(=O)Nc1ccccc1S(C)(=O)=O)c1cccc2ccccc12. The van der Waals surface area contributed by atoms with E-state index in [1.54, 1.807) is 18.2 Å². The summed E-state index contributed by atoms with van der Waals surface area (Å²) < 4.78 is 23.7. The van der Waals surface area contributed by atoms with E-state index in [0.29, 0.717) is 5.69 Å². The van der Waals surface area contributed by atoms with Crippen LogP contribution in [0.5, 0.6) is 0 Å². The number of carbonyl (C=O) groups is 1. The van der Waals surface area contributed by atoms with E-state index >= 15 is 0 Å². The Labute approximate surface area is 159 Å². The molecule has 0 heterocycles. The van der Waals surface area contributed by atoms with E-state index in [0.717, 1.165) is 11.8 Å². The molecule has 0 bridgehead atoms. The van der Waals surface area contributed by atoms with E-state index in [9.17, 15) is 13.2 Å². The number of hydrogen-bond donors (Lipinski definition) is 2. The summed E-state index contributed by atoms with van der Waals surface area (Å²) in [5, 5.41) is 7.00. The van der Waals surface area contributed by atoms with Crippen molar-refractivity contribution in [2.45, 2.75) is 17.9 Å². The highest BCUT2D eigenvalue weighted by Gasteiger charge is 2.17. The number of quaternary nitrogens is 1. The quantitative estimate of drug-likeness (QED) is 0.686. The molecule has 0 radical (unpaired) electrons. The Hall–Kier alpha value is -2.70. The molecule has 0 aliphatic heterocycles. The van der Waals surface area contributed by atoms with Gasteiger partial charge in [-0.15, -0.1) is 0 Å². The van der Waals surface area contributed by atoms with Gasteiger partial charge in [-0.1, -0.05) is 54.6 Å². The van der Waals surface area contributed by atoms with Crippen molar-refractivity contribution >= 4 is 32.2 Å². The number of fused-ring (bicyclic) bond motifs is 1. The zero-order valence-corrected chi connectivity index (χ0v) is 16.2. The van der Waals surface area contributed by atoms with Crippen LogP contribution in [0.15, 0.2) is 71.6 Å². The van der Waals surface area contributed by atoms with Gasteiger partial charge in [-0.3, -0.25) is 4.79 Å². The third kappa shape index (κ3) is 4.53. The smallest absolute Gasteiger partial charge is 0.279 e. The van der Waals surface area contributed by atoms with E-state index < -0.39 is 9.84 Å². The lowest BCUT2D eigenvalue weighted by molar-refractivity contribution is -0.682. The molecule has 6 heteroatoms. The van der Waals surface area contributed by atoms with Gasteiger partial charge in [-0.25, -0.2) is 8.42 Å². The van der Waals surface area contributed by atoms with Crippen molar-refractivity contribution in [3.8, 4) is 0 Å². The zero-order chi connectivity index (χ0) is 19.4. The maximum Gasteiger partial charge on any atom is 0.279 e. The Bertz CT molecular complexity index is 1070. The number of nitrogens with two attached hydrogens (primary N) is 1. The van der Waals surface area contributed by atoms with Crippen LogP contribution in [0.2, 0.25) is 0 Å². The molecule has 0 fully saturated rings. The molecule has 0 aliphatic carbocycles. The minimum Gasteiger partial charge on any atom is -0.332 e. The van der Waals surface area contributed by atoms with Crippen LogP contribution in [-0.2, 0) is 14.6 Å². The summed E-state index contributed by atoms with van der Waals surface area (Å²) in [7, 11) is -3.40. The first-order valence-corrected chi connectivity index (χ1v) is 10.7. The van der Waals surface area contributed by atoms with Gasteiger partial charge in [-0.05, 0) is 29.8 Å². The number of sulfone groups is 1. The second kappa shape index (κ2) is 7.90. The number of amides is 1. The molecule has 3 rings (SSSR count). The maximum atomic E-state index is 12.4. The van der Waals surface area contributed by atoms with Crippen LogP contribution in [0.1, 0.15) is 18.5 Å². The highest BCUT2D eigenvalue weighted by molar-refractivity contribution is 7.90. The summed E-state index contributed by atoms with van der Waals surface area (Å²) in [5.41, 5.74) is 1.48. The first-order valence-electron chi connectivity index (χ1n) is 8.76. The third-order valence-electron chi connectivity index (χ3n) is 4.53. The molecule has 3 aromatic rings. The highest BCUT2D eigenvalue weighted by atomic mass is 32.2. The molecule has 3 N–H and O–H groups in total. The average Bonchev–Trinajstić information content (AvgIpc) is 2.65. The average molecular weight is 383 g/mol. The fourth-order valence-corrected chi connectivity index (χ4v) is 4.00. The summed E-state index contributed by atoms with van der Waals surface area (Å²) in [6.45, 7) is 2.25. The van der Waals surface area contributed by atoms with E-state index in [2.05, 4.69) is 36.5 Å². The van der Waals surface area contributed by atoms with Crippen molar-refractivity contribution in [2.75, 3.05) is 18.1 Å². The van der Waals surface area contributed by atoms with Crippen LogP contribution in [0, 0.1) is 0 Å². The highest BCUT2D eigenvalue weighted by Crippen LogP contribution is 2.22. The third-order valence-corrected chi connectivity index (χ3v) is 5.69. The second-order valence-electron chi connectivity index (χ2n) is 6.61. The van der Waals surface area contributed by atoms with E-state index in [1.807, 2.05) is 23.5 Å². The van der Waals surface area contributed by atoms with Crippen molar-refractivity contribution in [1.82, 2.24) is 0 Å². The predicted octanol–water partition coefficient (Wildman–Crippen LogP) is 2.51. The number of anilines is 1. The molecular formula is C21H23N2O3S+. The molecule has 3 aromatic carbocycles. The molecule has 0 spiro atoms. The molecule has 0 aromatic heterocycles. The van der Waals surface area contributed by atoms with Gasteiger partial charge in [0.15, 0.2) is 16.4 Å². The van der Waals surface area contributed by atoms with Crippen LogP contribution in [0.3, 0.4) is 0 Å². The zero-order valence-electron chi connectivity index (χ0n) is 15.3. The Morgan fingerprint density at radius 3 is 2.44 bits per heavy atom. The monoisotopic (exact) mass is 383 g/mol. The predicted molar refractivity (Wildman–Crippen MR) is 107 cm³/mol. The van der Waals surface area contributed by atoms with Gasteiger partial charge in [0.05, 0.1) is 10.6 Å². The van der Waals surface area contributed by atoms with Gasteiger partial charge in [0.1, 0.15) is 6.04 Å². The first kappa shape index (κ1) is 19.1. The van der Waals surface area contributed by atoms with Crippen LogP contribution in [0.4, 0.5) is 5.69 Å². The van der Waals surface area contributed by atoms with Gasteiger partial charge in [-0.2, -0.15) is 0 Å². The van der Waals surface area contributed by atoms with Gasteiger partial charge < -0.3 is 10.6 Å². The first-order chi connectivity index (χ1) is 12.9. The van der Waals surface area contributed by atoms with Crippen LogP contribution in [-0.4, -0.2) is 27.1 Å². The van der Waals surface area contributed by atoms with Gasteiger partial charge in [0.2, 0.25) is 0 Å². The van der Waals surface area contributed by atoms with Crippen LogP contribution in [0.25, 0.3) is 10.8 Å². The summed E-state index contributed by atoms with van der Waals surface area (Å²) in [6.07, 6.45) is 1.13. The fourth-order valence-electron chi connectivity index (χ4n) is 3.15. The maximum absolute atomic E-state index is 12.4. The summed E-state index contributed by atoms with van der Waals surface area (Å²) in [6, 6.07) is 20.8. The number of rotatable bonds is 6. The van der Waals surface area contributed by atoms with Crippen LogP contribution >= 0.6 is 0 Å². The number of benzene rings is 3.